The first-order chi connectivity index (χ1) is 8.77. The molecule has 1 N–H and O–H groups in total. The van der Waals surface area contributed by atoms with Gasteiger partial charge in [0.05, 0.1) is 10.0 Å². The molecule has 0 saturated heterocycles. The molecule has 0 atom stereocenters. The van der Waals surface area contributed by atoms with Gasteiger partial charge in [-0.05, 0) is 30.2 Å². The molecule has 2 aromatic carbocycles. The van der Waals surface area contributed by atoms with E-state index < -0.39 is 0 Å². The second-order valence-electron chi connectivity index (χ2n) is 4.13. The molecule has 0 amide bonds. The minimum absolute atomic E-state index is 0.610. The zero-order chi connectivity index (χ0) is 12.8. The first-order valence-electron chi connectivity index (χ1n) is 5.95. The van der Waals surface area contributed by atoms with E-state index in [9.17, 15) is 0 Å². The Kier molecular flexibility index (Phi) is 5.06. The van der Waals surface area contributed by atoms with Crippen molar-refractivity contribution in [3.8, 4) is 0 Å². The first kappa shape index (κ1) is 13.4. The highest BCUT2D eigenvalue weighted by Gasteiger charge is 2.03. The topological polar surface area (TPSA) is 12.0 Å². The van der Waals surface area contributed by atoms with Gasteiger partial charge in [0, 0.05) is 6.54 Å². The Hall–Kier alpha value is -1.02. The van der Waals surface area contributed by atoms with Gasteiger partial charge >= 0.3 is 0 Å². The largest absolute Gasteiger partial charge is 0.312 e. The van der Waals surface area contributed by atoms with E-state index in [1.165, 1.54) is 5.56 Å². The molecule has 2 rings (SSSR count). The van der Waals surface area contributed by atoms with Gasteiger partial charge in [0.2, 0.25) is 0 Å². The number of halogens is 2. The molecule has 0 aliphatic rings. The molecule has 0 aliphatic heterocycles. The van der Waals surface area contributed by atoms with E-state index in [0.717, 1.165) is 25.1 Å². The predicted octanol–water partition coefficient (Wildman–Crippen LogP) is 4.33. The van der Waals surface area contributed by atoms with Crippen LogP contribution in [0.2, 0.25) is 10.0 Å². The van der Waals surface area contributed by atoms with Gasteiger partial charge in [-0.2, -0.15) is 0 Å². The highest BCUT2D eigenvalue weighted by molar-refractivity contribution is 6.42. The third-order valence-electron chi connectivity index (χ3n) is 2.78. The average molecular weight is 280 g/mol. The third kappa shape index (κ3) is 3.74. The SMILES string of the molecule is Clc1cccc(CNCCc2ccccc2)c1Cl. The van der Waals surface area contributed by atoms with Crippen LogP contribution in [0, 0.1) is 0 Å². The van der Waals surface area contributed by atoms with Gasteiger partial charge < -0.3 is 5.32 Å². The third-order valence-corrected chi connectivity index (χ3v) is 3.64. The lowest BCUT2D eigenvalue weighted by Crippen LogP contribution is -2.16. The lowest BCUT2D eigenvalue weighted by Gasteiger charge is -2.07. The Morgan fingerprint density at radius 1 is 0.889 bits per heavy atom. The van der Waals surface area contributed by atoms with Crippen LogP contribution in [0.5, 0.6) is 0 Å². The molecule has 3 heteroatoms. The quantitative estimate of drug-likeness (QED) is 0.804. The van der Waals surface area contributed by atoms with Crippen LogP contribution in [0.25, 0.3) is 0 Å². The zero-order valence-electron chi connectivity index (χ0n) is 10.00. The Bertz CT molecular complexity index is 497. The number of benzene rings is 2. The van der Waals surface area contributed by atoms with Crippen molar-refractivity contribution in [2.75, 3.05) is 6.54 Å². The molecule has 0 saturated carbocycles. The number of rotatable bonds is 5. The van der Waals surface area contributed by atoms with Gasteiger partial charge in [0.1, 0.15) is 0 Å². The number of hydrogen-bond acceptors (Lipinski definition) is 1. The van der Waals surface area contributed by atoms with Crippen molar-refractivity contribution in [1.29, 1.82) is 0 Å². The summed E-state index contributed by atoms with van der Waals surface area (Å²) in [5, 5.41) is 4.63. The van der Waals surface area contributed by atoms with Crippen molar-refractivity contribution in [1.82, 2.24) is 5.32 Å². The summed E-state index contributed by atoms with van der Waals surface area (Å²) in [5.41, 5.74) is 2.37. The van der Waals surface area contributed by atoms with Crippen LogP contribution in [-0.2, 0) is 13.0 Å². The molecular weight excluding hydrogens is 265 g/mol. The minimum Gasteiger partial charge on any atom is -0.312 e. The van der Waals surface area contributed by atoms with E-state index in [-0.39, 0.29) is 0 Å². The highest BCUT2D eigenvalue weighted by Crippen LogP contribution is 2.25. The maximum Gasteiger partial charge on any atom is 0.0637 e. The van der Waals surface area contributed by atoms with Crippen LogP contribution >= 0.6 is 23.2 Å². The Balaban J connectivity index is 1.81. The summed E-state index contributed by atoms with van der Waals surface area (Å²) in [5.74, 6) is 0. The maximum absolute atomic E-state index is 6.12. The van der Waals surface area contributed by atoms with E-state index in [1.54, 1.807) is 6.07 Å². The fraction of sp³-hybridized carbons (Fsp3) is 0.200. The van der Waals surface area contributed by atoms with Crippen molar-refractivity contribution in [2.24, 2.45) is 0 Å². The molecule has 0 bridgehead atoms. The van der Waals surface area contributed by atoms with Crippen LogP contribution < -0.4 is 5.32 Å². The fourth-order valence-electron chi connectivity index (χ4n) is 1.79. The van der Waals surface area contributed by atoms with Gasteiger partial charge in [-0.1, -0.05) is 65.7 Å². The smallest absolute Gasteiger partial charge is 0.0637 e. The summed E-state index contributed by atoms with van der Waals surface area (Å²) in [4.78, 5) is 0. The second-order valence-corrected chi connectivity index (χ2v) is 4.91. The van der Waals surface area contributed by atoms with Crippen LogP contribution in [0.4, 0.5) is 0 Å². The van der Waals surface area contributed by atoms with Gasteiger partial charge in [0.25, 0.3) is 0 Å². The molecule has 0 radical (unpaired) electrons. The number of hydrogen-bond donors (Lipinski definition) is 1. The Morgan fingerprint density at radius 2 is 1.67 bits per heavy atom. The predicted molar refractivity (Wildman–Crippen MR) is 78.3 cm³/mol. The summed E-state index contributed by atoms with van der Waals surface area (Å²) < 4.78 is 0. The standard InChI is InChI=1S/C15H15Cl2N/c16-14-8-4-7-13(15(14)17)11-18-10-9-12-5-2-1-3-6-12/h1-8,18H,9-11H2. The molecular formula is C15H15Cl2N. The van der Waals surface area contributed by atoms with E-state index in [0.29, 0.717) is 10.0 Å². The van der Waals surface area contributed by atoms with Crippen LogP contribution in [0.15, 0.2) is 48.5 Å². The zero-order valence-corrected chi connectivity index (χ0v) is 11.5. The molecule has 1 nitrogen and oxygen atoms in total. The van der Waals surface area contributed by atoms with E-state index in [4.69, 9.17) is 23.2 Å². The average Bonchev–Trinajstić information content (AvgIpc) is 2.40. The molecule has 94 valence electrons. The van der Waals surface area contributed by atoms with Crippen molar-refractivity contribution >= 4 is 23.2 Å². The van der Waals surface area contributed by atoms with Crippen molar-refractivity contribution < 1.29 is 0 Å². The molecule has 0 aliphatic carbocycles. The van der Waals surface area contributed by atoms with Gasteiger partial charge in [-0.25, -0.2) is 0 Å². The van der Waals surface area contributed by atoms with E-state index >= 15 is 0 Å². The fourth-order valence-corrected chi connectivity index (χ4v) is 2.17. The minimum atomic E-state index is 0.610. The normalized spacial score (nSPS) is 10.6. The van der Waals surface area contributed by atoms with Gasteiger partial charge in [-0.3, -0.25) is 0 Å². The summed E-state index contributed by atoms with van der Waals surface area (Å²) in [6.45, 7) is 1.67. The second kappa shape index (κ2) is 6.79. The first-order valence-corrected chi connectivity index (χ1v) is 6.70. The van der Waals surface area contributed by atoms with Crippen molar-refractivity contribution in [3.63, 3.8) is 0 Å². The Morgan fingerprint density at radius 3 is 2.44 bits per heavy atom. The summed E-state index contributed by atoms with van der Waals surface area (Å²) in [7, 11) is 0. The lowest BCUT2D eigenvalue weighted by molar-refractivity contribution is 0.687. The van der Waals surface area contributed by atoms with Crippen molar-refractivity contribution in [2.45, 2.75) is 13.0 Å². The molecule has 2 aromatic rings. The van der Waals surface area contributed by atoms with Crippen LogP contribution in [-0.4, -0.2) is 6.54 Å². The lowest BCUT2D eigenvalue weighted by atomic mass is 10.1. The molecule has 18 heavy (non-hydrogen) atoms. The molecule has 0 aromatic heterocycles. The molecule has 0 heterocycles. The van der Waals surface area contributed by atoms with Crippen LogP contribution in [0.3, 0.4) is 0 Å². The number of nitrogens with one attached hydrogen (secondary N) is 1. The van der Waals surface area contributed by atoms with E-state index in [1.807, 2.05) is 18.2 Å². The molecule has 0 fully saturated rings. The Labute approximate surface area is 118 Å². The van der Waals surface area contributed by atoms with Gasteiger partial charge in [-0.15, -0.1) is 0 Å². The monoisotopic (exact) mass is 279 g/mol. The van der Waals surface area contributed by atoms with Crippen molar-refractivity contribution in [3.05, 3.63) is 69.7 Å². The van der Waals surface area contributed by atoms with Crippen LogP contribution in [0.1, 0.15) is 11.1 Å². The molecule has 0 unspecified atom stereocenters. The highest BCUT2D eigenvalue weighted by atomic mass is 35.5. The summed E-state index contributed by atoms with van der Waals surface area (Å²) >= 11 is 12.1. The van der Waals surface area contributed by atoms with Gasteiger partial charge in [0.15, 0.2) is 0 Å². The summed E-state index contributed by atoms with van der Waals surface area (Å²) in [6, 6.07) is 16.1. The van der Waals surface area contributed by atoms with E-state index in [2.05, 4.69) is 29.6 Å². The maximum atomic E-state index is 6.12. The molecule has 0 spiro atoms. The summed E-state index contributed by atoms with van der Waals surface area (Å²) in [6.07, 6.45) is 1.01.